The largest absolute Gasteiger partial charge is 0.208 e. The molecule has 0 radical (unpaired) electrons. The molecule has 0 aliphatic heterocycles. The molecule has 0 spiro atoms. The normalized spacial score (nSPS) is 12.8. The fourth-order valence-electron chi connectivity index (χ4n) is 6.52. The van der Waals surface area contributed by atoms with Crippen molar-refractivity contribution >= 4 is 0 Å². The third kappa shape index (κ3) is 4.09. The first kappa shape index (κ1) is 25.1. The van der Waals surface area contributed by atoms with Gasteiger partial charge >= 0.3 is 0 Å². The van der Waals surface area contributed by atoms with E-state index in [2.05, 4.69) is 103 Å². The number of hydrogen-bond donors (Lipinski definition) is 0. The summed E-state index contributed by atoms with van der Waals surface area (Å²) in [4.78, 5) is 15.0. The van der Waals surface area contributed by atoms with Gasteiger partial charge in [-0.2, -0.15) is 0 Å². The molecule has 1 aromatic heterocycles. The Hall–Kier alpha value is -5.67. The molecule has 0 N–H and O–H groups in total. The Kier molecular flexibility index (Phi) is 6.01. The SMILES string of the molecule is c1ccc(-c2nc(-c3ccccc3)nc(-c3ccc4c(c3)C(c3ccccc3)(c3ccccc3)c3ccccc3-4)n2)cc1. The smallest absolute Gasteiger partial charge is 0.164 e. The summed E-state index contributed by atoms with van der Waals surface area (Å²) >= 11 is 0. The Balaban J connectivity index is 1.41. The van der Waals surface area contributed by atoms with Crippen LogP contribution in [0.15, 0.2) is 164 Å². The summed E-state index contributed by atoms with van der Waals surface area (Å²) in [6.07, 6.45) is 0. The second-order valence-corrected chi connectivity index (χ2v) is 10.8. The van der Waals surface area contributed by atoms with Gasteiger partial charge in [-0.15, -0.1) is 0 Å². The van der Waals surface area contributed by atoms with Crippen LogP contribution in [0.1, 0.15) is 22.3 Å². The van der Waals surface area contributed by atoms with Crippen molar-refractivity contribution in [1.29, 1.82) is 0 Å². The Morgan fingerprint density at radius 1 is 0.326 bits per heavy atom. The molecule has 0 saturated heterocycles. The third-order valence-electron chi connectivity index (χ3n) is 8.42. The maximum Gasteiger partial charge on any atom is 0.164 e. The van der Waals surface area contributed by atoms with E-state index in [-0.39, 0.29) is 0 Å². The van der Waals surface area contributed by atoms with E-state index in [1.165, 1.54) is 33.4 Å². The van der Waals surface area contributed by atoms with Crippen LogP contribution in [0.25, 0.3) is 45.3 Å². The van der Waals surface area contributed by atoms with Gasteiger partial charge in [0.05, 0.1) is 5.41 Å². The summed E-state index contributed by atoms with van der Waals surface area (Å²) in [6, 6.07) is 57.4. The highest BCUT2D eigenvalue weighted by atomic mass is 15.0. The monoisotopic (exact) mass is 549 g/mol. The van der Waals surface area contributed by atoms with Gasteiger partial charge in [-0.05, 0) is 39.4 Å². The van der Waals surface area contributed by atoms with Gasteiger partial charge < -0.3 is 0 Å². The summed E-state index contributed by atoms with van der Waals surface area (Å²) in [6.45, 7) is 0. The van der Waals surface area contributed by atoms with Gasteiger partial charge in [-0.3, -0.25) is 0 Å². The van der Waals surface area contributed by atoms with Crippen molar-refractivity contribution in [1.82, 2.24) is 15.0 Å². The van der Waals surface area contributed by atoms with Crippen molar-refractivity contribution in [3.05, 3.63) is 186 Å². The lowest BCUT2D eigenvalue weighted by Crippen LogP contribution is -2.28. The lowest BCUT2D eigenvalue weighted by atomic mass is 9.67. The van der Waals surface area contributed by atoms with E-state index in [1.807, 2.05) is 60.7 Å². The van der Waals surface area contributed by atoms with E-state index in [4.69, 9.17) is 15.0 Å². The standard InChI is InChI=1S/C40H27N3/c1-5-15-28(16-6-1)37-41-38(29-17-7-2-8-18-29)43-39(42-37)30-25-26-34-33-23-13-14-24-35(33)40(36(34)27-30,31-19-9-3-10-20-31)32-21-11-4-12-22-32/h1-27H. The van der Waals surface area contributed by atoms with Crippen LogP contribution < -0.4 is 0 Å². The predicted molar refractivity (Wildman–Crippen MR) is 173 cm³/mol. The molecular formula is C40H27N3. The van der Waals surface area contributed by atoms with Crippen LogP contribution >= 0.6 is 0 Å². The van der Waals surface area contributed by atoms with E-state index in [0.717, 1.165) is 16.7 Å². The average molecular weight is 550 g/mol. The maximum atomic E-state index is 5.05. The minimum absolute atomic E-state index is 0.484. The minimum Gasteiger partial charge on any atom is -0.208 e. The predicted octanol–water partition coefficient (Wildman–Crippen LogP) is 9.24. The van der Waals surface area contributed by atoms with Crippen LogP contribution in [0.5, 0.6) is 0 Å². The first-order valence-corrected chi connectivity index (χ1v) is 14.5. The van der Waals surface area contributed by atoms with Gasteiger partial charge in [-0.1, -0.05) is 158 Å². The van der Waals surface area contributed by atoms with Crippen molar-refractivity contribution in [2.24, 2.45) is 0 Å². The molecule has 3 nitrogen and oxygen atoms in total. The molecule has 0 saturated carbocycles. The number of rotatable bonds is 5. The molecule has 0 unspecified atom stereocenters. The zero-order valence-corrected chi connectivity index (χ0v) is 23.4. The van der Waals surface area contributed by atoms with Gasteiger partial charge in [0, 0.05) is 16.7 Å². The number of nitrogens with zero attached hydrogens (tertiary/aromatic N) is 3. The summed E-state index contributed by atoms with van der Waals surface area (Å²) in [5.41, 5.74) is 9.85. The quantitative estimate of drug-likeness (QED) is 0.215. The van der Waals surface area contributed by atoms with E-state index in [1.54, 1.807) is 0 Å². The number of fused-ring (bicyclic) bond motifs is 3. The van der Waals surface area contributed by atoms with Gasteiger partial charge in [0.2, 0.25) is 0 Å². The summed E-state index contributed by atoms with van der Waals surface area (Å²) in [7, 11) is 0. The number of aromatic nitrogens is 3. The van der Waals surface area contributed by atoms with E-state index >= 15 is 0 Å². The second kappa shape index (κ2) is 10.3. The lowest BCUT2D eigenvalue weighted by Gasteiger charge is -2.34. The zero-order chi connectivity index (χ0) is 28.6. The molecule has 8 rings (SSSR count). The van der Waals surface area contributed by atoms with Crippen molar-refractivity contribution in [2.45, 2.75) is 5.41 Å². The van der Waals surface area contributed by atoms with Crippen LogP contribution in [-0.4, -0.2) is 15.0 Å². The first-order valence-electron chi connectivity index (χ1n) is 14.5. The van der Waals surface area contributed by atoms with E-state index in [0.29, 0.717) is 17.5 Å². The van der Waals surface area contributed by atoms with Crippen LogP contribution in [0.4, 0.5) is 0 Å². The van der Waals surface area contributed by atoms with Crippen molar-refractivity contribution in [3.63, 3.8) is 0 Å². The molecule has 202 valence electrons. The van der Waals surface area contributed by atoms with Crippen LogP contribution in [-0.2, 0) is 5.41 Å². The summed E-state index contributed by atoms with van der Waals surface area (Å²) < 4.78 is 0. The highest BCUT2D eigenvalue weighted by Gasteiger charge is 2.46. The first-order chi connectivity index (χ1) is 21.3. The topological polar surface area (TPSA) is 38.7 Å². The molecule has 0 fully saturated rings. The molecule has 43 heavy (non-hydrogen) atoms. The molecule has 1 aliphatic carbocycles. The van der Waals surface area contributed by atoms with Gasteiger partial charge in [0.1, 0.15) is 0 Å². The Bertz CT molecular complexity index is 1960. The van der Waals surface area contributed by atoms with Crippen LogP contribution in [0.3, 0.4) is 0 Å². The van der Waals surface area contributed by atoms with E-state index < -0.39 is 5.41 Å². The zero-order valence-electron chi connectivity index (χ0n) is 23.4. The Morgan fingerprint density at radius 2 is 0.744 bits per heavy atom. The minimum atomic E-state index is -0.484. The molecule has 7 aromatic rings. The lowest BCUT2D eigenvalue weighted by molar-refractivity contribution is 0.768. The molecule has 3 heteroatoms. The molecule has 6 aromatic carbocycles. The summed E-state index contributed by atoms with van der Waals surface area (Å²) in [5.74, 6) is 1.97. The molecule has 0 amide bonds. The summed E-state index contributed by atoms with van der Waals surface area (Å²) in [5, 5.41) is 0. The molecule has 1 heterocycles. The van der Waals surface area contributed by atoms with Crippen molar-refractivity contribution in [2.75, 3.05) is 0 Å². The average Bonchev–Trinajstić information content (AvgIpc) is 3.40. The molecule has 0 bridgehead atoms. The van der Waals surface area contributed by atoms with Crippen LogP contribution in [0, 0.1) is 0 Å². The van der Waals surface area contributed by atoms with Crippen LogP contribution in [0.2, 0.25) is 0 Å². The van der Waals surface area contributed by atoms with Crippen molar-refractivity contribution in [3.8, 4) is 45.3 Å². The Labute approximate surface area is 251 Å². The van der Waals surface area contributed by atoms with Gasteiger partial charge in [0.15, 0.2) is 17.5 Å². The van der Waals surface area contributed by atoms with Gasteiger partial charge in [-0.25, -0.2) is 15.0 Å². The third-order valence-corrected chi connectivity index (χ3v) is 8.42. The number of benzene rings is 6. The second-order valence-electron chi connectivity index (χ2n) is 10.8. The van der Waals surface area contributed by atoms with Crippen molar-refractivity contribution < 1.29 is 0 Å². The highest BCUT2D eigenvalue weighted by molar-refractivity contribution is 5.88. The fraction of sp³-hybridized carbons (Fsp3) is 0.0250. The fourth-order valence-corrected chi connectivity index (χ4v) is 6.52. The Morgan fingerprint density at radius 3 is 1.28 bits per heavy atom. The maximum absolute atomic E-state index is 5.05. The molecule has 0 atom stereocenters. The molecular weight excluding hydrogens is 522 g/mol. The highest BCUT2D eigenvalue weighted by Crippen LogP contribution is 2.56. The molecule has 1 aliphatic rings. The number of hydrogen-bond acceptors (Lipinski definition) is 3. The van der Waals surface area contributed by atoms with E-state index in [9.17, 15) is 0 Å². The van der Waals surface area contributed by atoms with Gasteiger partial charge in [0.25, 0.3) is 0 Å².